The van der Waals surface area contributed by atoms with E-state index in [1.54, 1.807) is 24.5 Å². The van der Waals surface area contributed by atoms with Crippen molar-refractivity contribution in [3.05, 3.63) is 59.5 Å². The predicted octanol–water partition coefficient (Wildman–Crippen LogP) is 1.72. The zero-order valence-electron chi connectivity index (χ0n) is 11.4. The van der Waals surface area contributed by atoms with Gasteiger partial charge in [-0.05, 0) is 23.8 Å². The zero-order valence-corrected chi connectivity index (χ0v) is 11.4. The number of rotatable bonds is 4. The Bertz CT molecular complexity index is 648. The Morgan fingerprint density at radius 1 is 1.24 bits per heavy atom. The molecule has 2 heterocycles. The lowest BCUT2D eigenvalue weighted by Gasteiger charge is -2.23. The minimum absolute atomic E-state index is 0.274. The first-order chi connectivity index (χ1) is 10.2. The van der Waals surface area contributed by atoms with Gasteiger partial charge in [0.05, 0.1) is 11.8 Å². The van der Waals surface area contributed by atoms with Crippen LogP contribution in [0.4, 0.5) is 0 Å². The number of furan rings is 1. The molecular formula is C16H15NO4. The standard InChI is InChI=1S/C16H15NO4/c18-15(17-8-7-12-5-3-9-20-12)14-10-11-4-1-2-6-13(11)16(19)21-14/h1-6,9,14H,7-8,10H2,(H,17,18)/t14-/m0/s1. The highest BCUT2D eigenvalue weighted by atomic mass is 16.5. The maximum absolute atomic E-state index is 12.1. The van der Waals surface area contributed by atoms with E-state index in [0.717, 1.165) is 11.3 Å². The van der Waals surface area contributed by atoms with Crippen LogP contribution in [0.1, 0.15) is 21.7 Å². The third-order valence-corrected chi connectivity index (χ3v) is 3.44. The number of fused-ring (bicyclic) bond motifs is 1. The normalized spacial score (nSPS) is 17.0. The molecule has 21 heavy (non-hydrogen) atoms. The van der Waals surface area contributed by atoms with Gasteiger partial charge in [0.2, 0.25) is 0 Å². The molecule has 0 saturated heterocycles. The van der Waals surface area contributed by atoms with E-state index in [1.165, 1.54) is 0 Å². The van der Waals surface area contributed by atoms with Gasteiger partial charge in [-0.3, -0.25) is 4.79 Å². The minimum Gasteiger partial charge on any atom is -0.469 e. The highest BCUT2D eigenvalue weighted by molar-refractivity contribution is 5.95. The second kappa shape index (κ2) is 5.83. The second-order valence-electron chi connectivity index (χ2n) is 4.88. The van der Waals surface area contributed by atoms with Gasteiger partial charge in [0.15, 0.2) is 6.10 Å². The Morgan fingerprint density at radius 2 is 2.10 bits per heavy atom. The average molecular weight is 285 g/mol. The molecule has 1 aromatic heterocycles. The summed E-state index contributed by atoms with van der Waals surface area (Å²) in [4.78, 5) is 23.9. The summed E-state index contributed by atoms with van der Waals surface area (Å²) in [6.45, 7) is 0.446. The number of ether oxygens (including phenoxy) is 1. The number of hydrogen-bond acceptors (Lipinski definition) is 4. The summed E-state index contributed by atoms with van der Waals surface area (Å²) in [7, 11) is 0. The molecule has 1 atom stereocenters. The topological polar surface area (TPSA) is 68.5 Å². The Balaban J connectivity index is 1.58. The van der Waals surface area contributed by atoms with Crippen LogP contribution in [0.15, 0.2) is 47.1 Å². The number of nitrogens with one attached hydrogen (secondary N) is 1. The molecule has 3 rings (SSSR count). The Morgan fingerprint density at radius 3 is 2.90 bits per heavy atom. The molecule has 0 fully saturated rings. The third-order valence-electron chi connectivity index (χ3n) is 3.44. The lowest BCUT2D eigenvalue weighted by Crippen LogP contribution is -2.42. The molecule has 0 spiro atoms. The molecule has 1 aliphatic rings. The van der Waals surface area contributed by atoms with E-state index in [0.29, 0.717) is 24.9 Å². The third kappa shape index (κ3) is 2.97. The maximum Gasteiger partial charge on any atom is 0.339 e. The summed E-state index contributed by atoms with van der Waals surface area (Å²) in [5.74, 6) is 0.0914. The molecule has 1 aliphatic heterocycles. The lowest BCUT2D eigenvalue weighted by molar-refractivity contribution is -0.130. The van der Waals surface area contributed by atoms with Crippen molar-refractivity contribution in [1.29, 1.82) is 0 Å². The van der Waals surface area contributed by atoms with Gasteiger partial charge in [0.1, 0.15) is 5.76 Å². The number of cyclic esters (lactones) is 1. The fraction of sp³-hybridized carbons (Fsp3) is 0.250. The second-order valence-corrected chi connectivity index (χ2v) is 4.88. The van der Waals surface area contributed by atoms with Gasteiger partial charge in [0, 0.05) is 19.4 Å². The molecule has 0 radical (unpaired) electrons. The van der Waals surface area contributed by atoms with Crippen LogP contribution in [0.2, 0.25) is 0 Å². The molecule has 5 nitrogen and oxygen atoms in total. The van der Waals surface area contributed by atoms with E-state index in [2.05, 4.69) is 5.32 Å². The summed E-state index contributed by atoms with van der Waals surface area (Å²) in [6.07, 6.45) is 1.85. The average Bonchev–Trinajstić information content (AvgIpc) is 3.00. The monoisotopic (exact) mass is 285 g/mol. The first-order valence-corrected chi connectivity index (χ1v) is 6.83. The smallest absolute Gasteiger partial charge is 0.339 e. The van der Waals surface area contributed by atoms with Crippen LogP contribution in [0.3, 0.4) is 0 Å². The highest BCUT2D eigenvalue weighted by Gasteiger charge is 2.30. The van der Waals surface area contributed by atoms with Crippen LogP contribution in [-0.4, -0.2) is 24.5 Å². The van der Waals surface area contributed by atoms with Gasteiger partial charge in [-0.1, -0.05) is 18.2 Å². The number of hydrogen-bond donors (Lipinski definition) is 1. The van der Waals surface area contributed by atoms with Crippen LogP contribution in [0.5, 0.6) is 0 Å². The van der Waals surface area contributed by atoms with E-state index >= 15 is 0 Å². The number of esters is 1. The van der Waals surface area contributed by atoms with Crippen molar-refractivity contribution in [2.24, 2.45) is 0 Å². The molecule has 1 amide bonds. The summed E-state index contributed by atoms with van der Waals surface area (Å²) >= 11 is 0. The molecule has 0 aliphatic carbocycles. The molecule has 2 aromatic rings. The van der Waals surface area contributed by atoms with E-state index in [4.69, 9.17) is 9.15 Å². The van der Waals surface area contributed by atoms with Gasteiger partial charge in [-0.15, -0.1) is 0 Å². The predicted molar refractivity (Wildman–Crippen MR) is 74.8 cm³/mol. The Hall–Kier alpha value is -2.56. The van der Waals surface area contributed by atoms with Crippen molar-refractivity contribution in [3.63, 3.8) is 0 Å². The summed E-state index contributed by atoms with van der Waals surface area (Å²) < 4.78 is 10.4. The molecule has 108 valence electrons. The molecule has 0 saturated carbocycles. The van der Waals surface area contributed by atoms with E-state index in [-0.39, 0.29) is 5.91 Å². The molecule has 0 unspecified atom stereocenters. The maximum atomic E-state index is 12.1. The van der Waals surface area contributed by atoms with Crippen molar-refractivity contribution in [2.75, 3.05) is 6.54 Å². The number of benzene rings is 1. The zero-order chi connectivity index (χ0) is 14.7. The van der Waals surface area contributed by atoms with Gasteiger partial charge in [-0.25, -0.2) is 4.79 Å². The lowest BCUT2D eigenvalue weighted by atomic mass is 9.98. The SMILES string of the molecule is O=C1O[C@H](C(=O)NCCc2ccco2)Cc2ccccc21. The Labute approximate surface area is 121 Å². The highest BCUT2D eigenvalue weighted by Crippen LogP contribution is 2.20. The number of carbonyl (C=O) groups excluding carboxylic acids is 2. The fourth-order valence-electron chi connectivity index (χ4n) is 2.36. The van der Waals surface area contributed by atoms with Gasteiger partial charge in [0.25, 0.3) is 5.91 Å². The number of amides is 1. The first kappa shape index (κ1) is 13.4. The largest absolute Gasteiger partial charge is 0.469 e. The quantitative estimate of drug-likeness (QED) is 0.868. The van der Waals surface area contributed by atoms with Crippen molar-refractivity contribution in [2.45, 2.75) is 18.9 Å². The molecule has 5 heteroatoms. The van der Waals surface area contributed by atoms with E-state index < -0.39 is 12.1 Å². The van der Waals surface area contributed by atoms with Crippen molar-refractivity contribution in [1.82, 2.24) is 5.32 Å². The van der Waals surface area contributed by atoms with Crippen LogP contribution in [0.25, 0.3) is 0 Å². The van der Waals surface area contributed by atoms with E-state index in [1.807, 2.05) is 18.2 Å². The molecule has 0 bridgehead atoms. The molecule has 1 N–H and O–H groups in total. The first-order valence-electron chi connectivity index (χ1n) is 6.83. The van der Waals surface area contributed by atoms with E-state index in [9.17, 15) is 9.59 Å². The van der Waals surface area contributed by atoms with Crippen LogP contribution in [0, 0.1) is 0 Å². The molecule has 1 aromatic carbocycles. The number of carbonyl (C=O) groups is 2. The van der Waals surface area contributed by atoms with Crippen molar-refractivity contribution < 1.29 is 18.7 Å². The van der Waals surface area contributed by atoms with Crippen LogP contribution >= 0.6 is 0 Å². The van der Waals surface area contributed by atoms with Crippen LogP contribution < -0.4 is 5.32 Å². The van der Waals surface area contributed by atoms with Crippen LogP contribution in [-0.2, 0) is 22.4 Å². The van der Waals surface area contributed by atoms with Gasteiger partial charge in [-0.2, -0.15) is 0 Å². The van der Waals surface area contributed by atoms with Crippen molar-refractivity contribution >= 4 is 11.9 Å². The summed E-state index contributed by atoms with van der Waals surface area (Å²) in [6, 6.07) is 10.8. The summed E-state index contributed by atoms with van der Waals surface area (Å²) in [5.41, 5.74) is 1.39. The van der Waals surface area contributed by atoms with Gasteiger partial charge >= 0.3 is 5.97 Å². The summed E-state index contributed by atoms with van der Waals surface area (Å²) in [5, 5.41) is 2.77. The Kier molecular flexibility index (Phi) is 3.73. The van der Waals surface area contributed by atoms with Gasteiger partial charge < -0.3 is 14.5 Å². The minimum atomic E-state index is -0.760. The fourth-order valence-corrected chi connectivity index (χ4v) is 2.36. The van der Waals surface area contributed by atoms with Crippen molar-refractivity contribution in [3.8, 4) is 0 Å². The molecular weight excluding hydrogens is 270 g/mol.